The summed E-state index contributed by atoms with van der Waals surface area (Å²) < 4.78 is 5.35. The molecule has 0 aliphatic carbocycles. The fourth-order valence-electron chi connectivity index (χ4n) is 2.08. The number of ether oxygens (including phenoxy) is 1. The third kappa shape index (κ3) is 2.18. The van der Waals surface area contributed by atoms with Crippen LogP contribution in [0.5, 0.6) is 0 Å². The summed E-state index contributed by atoms with van der Waals surface area (Å²) in [6.07, 6.45) is 3.15. The Morgan fingerprint density at radius 2 is 2.28 bits per heavy atom. The van der Waals surface area contributed by atoms with E-state index in [4.69, 9.17) is 16.3 Å². The van der Waals surface area contributed by atoms with E-state index in [2.05, 4.69) is 11.2 Å². The van der Waals surface area contributed by atoms with Crippen molar-refractivity contribution in [3.05, 3.63) is 0 Å². The van der Waals surface area contributed by atoms with Gasteiger partial charge >= 0.3 is 6.03 Å². The van der Waals surface area contributed by atoms with Gasteiger partial charge in [0.15, 0.2) is 0 Å². The maximum Gasteiger partial charge on any atom is 0.326 e. The molecule has 0 bridgehead atoms. The second-order valence-corrected chi connectivity index (χ2v) is 4.28. The molecule has 3 amide bonds. The highest BCUT2D eigenvalue weighted by Gasteiger charge is 2.42. The molecule has 2 rings (SSSR count). The number of amides is 3. The van der Waals surface area contributed by atoms with Crippen molar-refractivity contribution in [3.63, 3.8) is 0 Å². The topological polar surface area (TPSA) is 99.1 Å². The van der Waals surface area contributed by atoms with Crippen molar-refractivity contribution < 1.29 is 24.5 Å². The first-order valence-corrected chi connectivity index (χ1v) is 5.58. The van der Waals surface area contributed by atoms with Gasteiger partial charge in [-0.2, -0.15) is 0 Å². The average molecular weight is 254 g/mol. The molecule has 1 unspecified atom stereocenters. The first-order valence-electron chi connectivity index (χ1n) is 5.58. The number of nitrogens with one attached hydrogen (secondary N) is 1. The highest BCUT2D eigenvalue weighted by molar-refractivity contribution is 5.99. The van der Waals surface area contributed by atoms with Gasteiger partial charge in [-0.15, -0.1) is 6.42 Å². The molecule has 7 heteroatoms. The van der Waals surface area contributed by atoms with Gasteiger partial charge in [0.1, 0.15) is 18.2 Å². The highest BCUT2D eigenvalue weighted by Crippen LogP contribution is 2.25. The lowest BCUT2D eigenvalue weighted by molar-refractivity contribution is -0.127. The summed E-state index contributed by atoms with van der Waals surface area (Å²) in [6.45, 7) is -0.276. The molecule has 3 N–H and O–H groups in total. The number of urea groups is 1. The summed E-state index contributed by atoms with van der Waals surface area (Å²) in [6, 6.07) is -0.595. The monoisotopic (exact) mass is 254 g/mol. The molecule has 98 valence electrons. The number of aliphatic hydroxyl groups is 2. The Morgan fingerprint density at radius 3 is 2.83 bits per heavy atom. The molecule has 4 atom stereocenters. The minimum atomic E-state index is -0.838. The Balaban J connectivity index is 2.07. The van der Waals surface area contributed by atoms with Crippen LogP contribution in [0.25, 0.3) is 0 Å². The fourth-order valence-corrected chi connectivity index (χ4v) is 2.08. The second kappa shape index (κ2) is 4.94. The Morgan fingerprint density at radius 1 is 1.56 bits per heavy atom. The molecule has 7 nitrogen and oxygen atoms in total. The molecule has 2 aliphatic heterocycles. The third-order valence-electron chi connectivity index (χ3n) is 3.12. The van der Waals surface area contributed by atoms with Crippen molar-refractivity contribution in [2.24, 2.45) is 5.92 Å². The van der Waals surface area contributed by atoms with E-state index in [-0.39, 0.29) is 19.6 Å². The third-order valence-corrected chi connectivity index (χ3v) is 3.12. The van der Waals surface area contributed by atoms with E-state index in [9.17, 15) is 14.7 Å². The summed E-state index contributed by atoms with van der Waals surface area (Å²) in [4.78, 5) is 24.3. The standard InChI is InChI=1S/C11H14N2O5/c1-2-6-4-13(11(17)12-10(6)16)9-3-7(15)8(5-14)18-9/h1,6-9,14-15H,3-5H2,(H,12,16,17)/t6?,7-,8+,9+/m0/s1. The predicted octanol–water partition coefficient (Wildman–Crippen LogP) is -1.74. The molecule has 2 heterocycles. The number of rotatable bonds is 2. The van der Waals surface area contributed by atoms with Gasteiger partial charge in [0.05, 0.1) is 12.7 Å². The van der Waals surface area contributed by atoms with Crippen molar-refractivity contribution >= 4 is 11.9 Å². The van der Waals surface area contributed by atoms with Crippen molar-refractivity contribution in [3.8, 4) is 12.3 Å². The molecule has 0 spiro atoms. The van der Waals surface area contributed by atoms with Gasteiger partial charge in [0.2, 0.25) is 5.91 Å². The molecule has 2 saturated heterocycles. The number of terminal acetylenes is 1. The number of imide groups is 1. The molecule has 0 saturated carbocycles. The second-order valence-electron chi connectivity index (χ2n) is 4.28. The average Bonchev–Trinajstić information content (AvgIpc) is 2.70. The number of nitrogens with zero attached hydrogens (tertiary/aromatic N) is 1. The minimum absolute atomic E-state index is 0.0523. The van der Waals surface area contributed by atoms with E-state index >= 15 is 0 Å². The van der Waals surface area contributed by atoms with Crippen LogP contribution in [-0.4, -0.2) is 58.6 Å². The van der Waals surface area contributed by atoms with Crippen LogP contribution in [0.3, 0.4) is 0 Å². The largest absolute Gasteiger partial charge is 0.394 e. The van der Waals surface area contributed by atoms with Crippen LogP contribution in [0.4, 0.5) is 4.79 Å². The quantitative estimate of drug-likeness (QED) is 0.508. The molecule has 2 aliphatic rings. The highest BCUT2D eigenvalue weighted by atomic mass is 16.5. The summed E-state index contributed by atoms with van der Waals surface area (Å²) >= 11 is 0. The number of carbonyl (C=O) groups is 2. The van der Waals surface area contributed by atoms with Gasteiger partial charge in [-0.3, -0.25) is 15.0 Å². The maximum absolute atomic E-state index is 11.7. The SMILES string of the molecule is C#CC1CN([C@H]2C[C@H](O)[C@@H](CO)O2)C(=O)NC1=O. The van der Waals surface area contributed by atoms with Crippen LogP contribution in [0.2, 0.25) is 0 Å². The number of hydrogen-bond donors (Lipinski definition) is 3. The summed E-state index contributed by atoms with van der Waals surface area (Å²) in [7, 11) is 0. The number of hydrogen-bond acceptors (Lipinski definition) is 5. The molecular weight excluding hydrogens is 240 g/mol. The maximum atomic E-state index is 11.7. The molecule has 0 aromatic rings. The molecular formula is C11H14N2O5. The zero-order valence-electron chi connectivity index (χ0n) is 9.57. The van der Waals surface area contributed by atoms with E-state index in [0.717, 1.165) is 0 Å². The van der Waals surface area contributed by atoms with Crippen molar-refractivity contribution in [1.82, 2.24) is 10.2 Å². The molecule has 0 radical (unpaired) electrons. The van der Waals surface area contributed by atoms with Gasteiger partial charge in [-0.1, -0.05) is 5.92 Å². The molecule has 2 fully saturated rings. The Kier molecular flexibility index (Phi) is 3.52. The number of carbonyl (C=O) groups excluding carboxylic acids is 2. The minimum Gasteiger partial charge on any atom is -0.394 e. The van der Waals surface area contributed by atoms with Crippen LogP contribution in [-0.2, 0) is 9.53 Å². The van der Waals surface area contributed by atoms with E-state index in [1.54, 1.807) is 0 Å². The van der Waals surface area contributed by atoms with Crippen molar-refractivity contribution in [1.29, 1.82) is 0 Å². The smallest absolute Gasteiger partial charge is 0.326 e. The van der Waals surface area contributed by atoms with Crippen LogP contribution in [0.1, 0.15) is 6.42 Å². The van der Waals surface area contributed by atoms with Crippen molar-refractivity contribution in [2.75, 3.05) is 13.2 Å². The Bertz CT molecular complexity index is 405. The molecule has 18 heavy (non-hydrogen) atoms. The zero-order chi connectivity index (χ0) is 13.3. The van der Waals surface area contributed by atoms with Gasteiger partial charge in [-0.05, 0) is 0 Å². The summed E-state index contributed by atoms with van der Waals surface area (Å²) in [5, 5.41) is 20.7. The zero-order valence-corrected chi connectivity index (χ0v) is 9.57. The van der Waals surface area contributed by atoms with E-state index in [1.807, 2.05) is 0 Å². The lowest BCUT2D eigenvalue weighted by Gasteiger charge is -2.33. The van der Waals surface area contributed by atoms with Crippen LogP contribution in [0.15, 0.2) is 0 Å². The number of aliphatic hydroxyl groups excluding tert-OH is 2. The van der Waals surface area contributed by atoms with E-state index < -0.39 is 36.3 Å². The van der Waals surface area contributed by atoms with Crippen LogP contribution < -0.4 is 5.32 Å². The van der Waals surface area contributed by atoms with Crippen LogP contribution >= 0.6 is 0 Å². The molecule has 0 aromatic carbocycles. The van der Waals surface area contributed by atoms with Crippen LogP contribution in [0, 0.1) is 18.3 Å². The first kappa shape index (κ1) is 12.8. The van der Waals surface area contributed by atoms with Gasteiger partial charge < -0.3 is 14.9 Å². The Labute approximate surface area is 104 Å². The van der Waals surface area contributed by atoms with Crippen molar-refractivity contribution in [2.45, 2.75) is 24.9 Å². The van der Waals surface area contributed by atoms with E-state index in [0.29, 0.717) is 0 Å². The Hall–Kier alpha value is -1.62. The van der Waals surface area contributed by atoms with Gasteiger partial charge in [0.25, 0.3) is 0 Å². The summed E-state index contributed by atoms with van der Waals surface area (Å²) in [5.74, 6) is 1.06. The normalized spacial score (nSPS) is 36.4. The first-order chi connectivity index (χ1) is 8.56. The molecule has 0 aromatic heterocycles. The fraction of sp³-hybridized carbons (Fsp3) is 0.636. The lowest BCUT2D eigenvalue weighted by atomic mass is 10.1. The van der Waals surface area contributed by atoms with E-state index in [1.165, 1.54) is 4.90 Å². The predicted molar refractivity (Wildman–Crippen MR) is 58.9 cm³/mol. The van der Waals surface area contributed by atoms with Gasteiger partial charge in [-0.25, -0.2) is 4.79 Å². The summed E-state index contributed by atoms with van der Waals surface area (Å²) in [5.41, 5.74) is 0. The van der Waals surface area contributed by atoms with Gasteiger partial charge in [0, 0.05) is 13.0 Å². The lowest BCUT2D eigenvalue weighted by Crippen LogP contribution is -2.57.